The van der Waals surface area contributed by atoms with Gasteiger partial charge in [0.25, 0.3) is 0 Å². The van der Waals surface area contributed by atoms with E-state index in [1.807, 2.05) is 24.3 Å². The second-order valence-corrected chi connectivity index (χ2v) is 4.01. The van der Waals surface area contributed by atoms with Gasteiger partial charge in [-0.15, -0.1) is 6.58 Å². The van der Waals surface area contributed by atoms with Gasteiger partial charge in [-0.05, 0) is 24.3 Å². The topological polar surface area (TPSA) is 39.2 Å². The smallest absolute Gasteiger partial charge is 0.134 e. The summed E-state index contributed by atoms with van der Waals surface area (Å²) in [6, 6.07) is 7.56. The second kappa shape index (κ2) is 3.59. The van der Waals surface area contributed by atoms with Gasteiger partial charge in [-0.25, -0.2) is 0 Å². The lowest BCUT2D eigenvalue weighted by Crippen LogP contribution is -2.04. The minimum Gasteiger partial charge on any atom is -0.459 e. The van der Waals surface area contributed by atoms with Crippen molar-refractivity contribution in [2.75, 3.05) is 0 Å². The summed E-state index contributed by atoms with van der Waals surface area (Å²) in [5.41, 5.74) is 6.62. The van der Waals surface area contributed by atoms with Gasteiger partial charge in [0.15, 0.2) is 0 Å². The second-order valence-electron chi connectivity index (χ2n) is 3.09. The van der Waals surface area contributed by atoms with Gasteiger partial charge in [-0.3, -0.25) is 0 Å². The van der Waals surface area contributed by atoms with Crippen molar-refractivity contribution in [1.82, 2.24) is 0 Å². The van der Waals surface area contributed by atoms with Crippen molar-refractivity contribution in [3.8, 4) is 0 Å². The fourth-order valence-corrected chi connectivity index (χ4v) is 1.69. The Morgan fingerprint density at radius 1 is 1.43 bits per heavy atom. The van der Waals surface area contributed by atoms with E-state index < -0.39 is 0 Å². The Morgan fingerprint density at radius 3 is 2.93 bits per heavy atom. The molecule has 0 saturated carbocycles. The Bertz CT molecular complexity index is 475. The van der Waals surface area contributed by atoms with E-state index in [-0.39, 0.29) is 6.04 Å². The summed E-state index contributed by atoms with van der Waals surface area (Å²) in [5, 5.41) is 1.05. The zero-order valence-corrected chi connectivity index (χ0v) is 9.12. The van der Waals surface area contributed by atoms with E-state index in [0.717, 1.165) is 21.2 Å². The largest absolute Gasteiger partial charge is 0.459 e. The summed E-state index contributed by atoms with van der Waals surface area (Å²) in [6.07, 6.45) is 1.66. The number of nitrogens with two attached hydrogens (primary N) is 1. The fraction of sp³-hybridized carbons (Fsp3) is 0.0909. The van der Waals surface area contributed by atoms with Crippen LogP contribution in [0.15, 0.2) is 45.8 Å². The summed E-state index contributed by atoms with van der Waals surface area (Å²) >= 11 is 3.40. The number of hydrogen-bond donors (Lipinski definition) is 1. The first kappa shape index (κ1) is 9.49. The summed E-state index contributed by atoms with van der Waals surface area (Å²) in [4.78, 5) is 0. The Labute approximate surface area is 90.5 Å². The quantitative estimate of drug-likeness (QED) is 0.832. The molecule has 1 heterocycles. The van der Waals surface area contributed by atoms with Gasteiger partial charge >= 0.3 is 0 Å². The van der Waals surface area contributed by atoms with Crippen molar-refractivity contribution in [3.05, 3.63) is 47.2 Å². The molecular formula is C11H10BrNO. The number of halogens is 1. The molecule has 0 radical (unpaired) electrons. The average molecular weight is 252 g/mol. The molecule has 0 unspecified atom stereocenters. The summed E-state index contributed by atoms with van der Waals surface area (Å²) in [6.45, 7) is 3.63. The molecule has 2 aromatic rings. The lowest BCUT2D eigenvalue weighted by atomic mass is 10.2. The van der Waals surface area contributed by atoms with Crippen molar-refractivity contribution in [2.45, 2.75) is 6.04 Å². The normalized spacial score (nSPS) is 13.0. The highest BCUT2D eigenvalue weighted by molar-refractivity contribution is 9.10. The molecule has 1 aromatic carbocycles. The molecule has 1 aromatic heterocycles. The molecule has 0 aliphatic heterocycles. The molecule has 0 spiro atoms. The molecular weight excluding hydrogens is 242 g/mol. The SMILES string of the molecule is C=C[C@@H](N)c1cc2cc(Br)ccc2o1. The molecule has 2 nitrogen and oxygen atoms in total. The minimum atomic E-state index is -0.235. The third-order valence-corrected chi connectivity index (χ3v) is 2.57. The van der Waals surface area contributed by atoms with Gasteiger partial charge in [-0.2, -0.15) is 0 Å². The highest BCUT2D eigenvalue weighted by atomic mass is 79.9. The molecule has 2 rings (SSSR count). The maximum Gasteiger partial charge on any atom is 0.134 e. The average Bonchev–Trinajstić information content (AvgIpc) is 2.59. The van der Waals surface area contributed by atoms with E-state index >= 15 is 0 Å². The molecule has 0 aliphatic carbocycles. The number of hydrogen-bond acceptors (Lipinski definition) is 2. The molecule has 72 valence electrons. The molecule has 1 atom stereocenters. The van der Waals surface area contributed by atoms with E-state index in [1.165, 1.54) is 0 Å². The first-order chi connectivity index (χ1) is 6.70. The first-order valence-electron chi connectivity index (χ1n) is 4.28. The predicted molar refractivity (Wildman–Crippen MR) is 61.0 cm³/mol. The van der Waals surface area contributed by atoms with E-state index in [0.29, 0.717) is 0 Å². The minimum absolute atomic E-state index is 0.235. The van der Waals surface area contributed by atoms with Crippen molar-refractivity contribution in [2.24, 2.45) is 5.73 Å². The van der Waals surface area contributed by atoms with Crippen LogP contribution in [-0.4, -0.2) is 0 Å². The molecule has 2 N–H and O–H groups in total. The summed E-state index contributed by atoms with van der Waals surface area (Å²) in [7, 11) is 0. The predicted octanol–water partition coefficient (Wildman–Crippen LogP) is 3.38. The van der Waals surface area contributed by atoms with Crippen LogP contribution in [0.4, 0.5) is 0 Å². The zero-order valence-electron chi connectivity index (χ0n) is 7.53. The number of fused-ring (bicyclic) bond motifs is 1. The van der Waals surface area contributed by atoms with Gasteiger partial charge in [0.05, 0.1) is 6.04 Å². The van der Waals surface area contributed by atoms with Crippen molar-refractivity contribution in [3.63, 3.8) is 0 Å². The van der Waals surface area contributed by atoms with Crippen molar-refractivity contribution in [1.29, 1.82) is 0 Å². The van der Waals surface area contributed by atoms with Gasteiger partial charge < -0.3 is 10.2 Å². The van der Waals surface area contributed by atoms with Gasteiger partial charge in [0, 0.05) is 9.86 Å². The molecule has 0 bridgehead atoms. The van der Waals surface area contributed by atoms with Gasteiger partial charge in [-0.1, -0.05) is 22.0 Å². The van der Waals surface area contributed by atoms with Crippen LogP contribution in [0.2, 0.25) is 0 Å². The molecule has 0 fully saturated rings. The van der Waals surface area contributed by atoms with Crippen LogP contribution in [0, 0.1) is 0 Å². The Morgan fingerprint density at radius 2 is 2.21 bits per heavy atom. The van der Waals surface area contributed by atoms with E-state index in [4.69, 9.17) is 10.2 Å². The maximum atomic E-state index is 5.77. The highest BCUT2D eigenvalue weighted by Gasteiger charge is 2.08. The van der Waals surface area contributed by atoms with Crippen LogP contribution in [0.1, 0.15) is 11.8 Å². The van der Waals surface area contributed by atoms with Crippen LogP contribution in [0.5, 0.6) is 0 Å². The number of rotatable bonds is 2. The Balaban J connectivity index is 2.56. The lowest BCUT2D eigenvalue weighted by molar-refractivity contribution is 0.530. The van der Waals surface area contributed by atoms with Crippen LogP contribution < -0.4 is 5.73 Å². The molecule has 0 amide bonds. The van der Waals surface area contributed by atoms with Gasteiger partial charge in [0.2, 0.25) is 0 Å². The third kappa shape index (κ3) is 1.61. The standard InChI is InChI=1S/C11H10BrNO/c1-2-9(13)11-6-7-5-8(12)3-4-10(7)14-11/h2-6,9H,1,13H2/t9-/m1/s1. The zero-order chi connectivity index (χ0) is 10.1. The van der Waals surface area contributed by atoms with Gasteiger partial charge in [0.1, 0.15) is 11.3 Å². The summed E-state index contributed by atoms with van der Waals surface area (Å²) < 4.78 is 6.59. The number of furan rings is 1. The Hall–Kier alpha value is -1.06. The maximum absolute atomic E-state index is 5.77. The van der Waals surface area contributed by atoms with Crippen LogP contribution in [-0.2, 0) is 0 Å². The van der Waals surface area contributed by atoms with Crippen LogP contribution in [0.3, 0.4) is 0 Å². The molecule has 14 heavy (non-hydrogen) atoms. The summed E-state index contributed by atoms with van der Waals surface area (Å²) in [5.74, 6) is 0.744. The van der Waals surface area contributed by atoms with Crippen LogP contribution in [0.25, 0.3) is 11.0 Å². The fourth-order valence-electron chi connectivity index (χ4n) is 1.32. The molecule has 0 aliphatic rings. The molecule has 3 heteroatoms. The van der Waals surface area contributed by atoms with Crippen molar-refractivity contribution >= 4 is 26.9 Å². The van der Waals surface area contributed by atoms with E-state index in [9.17, 15) is 0 Å². The molecule has 0 saturated heterocycles. The van der Waals surface area contributed by atoms with E-state index in [2.05, 4.69) is 22.5 Å². The van der Waals surface area contributed by atoms with Crippen LogP contribution >= 0.6 is 15.9 Å². The highest BCUT2D eigenvalue weighted by Crippen LogP contribution is 2.25. The van der Waals surface area contributed by atoms with E-state index in [1.54, 1.807) is 6.08 Å². The first-order valence-corrected chi connectivity index (χ1v) is 5.07. The third-order valence-electron chi connectivity index (χ3n) is 2.08. The number of benzene rings is 1. The Kier molecular flexibility index (Phi) is 2.44. The monoisotopic (exact) mass is 251 g/mol. The van der Waals surface area contributed by atoms with Crippen molar-refractivity contribution < 1.29 is 4.42 Å². The lowest BCUT2D eigenvalue weighted by Gasteiger charge is -1.98.